The van der Waals surface area contributed by atoms with Gasteiger partial charge in [0, 0.05) is 34.4 Å². The lowest BCUT2D eigenvalue weighted by molar-refractivity contribution is 0.0787. The number of fused-ring (bicyclic) bond motifs is 4. The van der Waals surface area contributed by atoms with Crippen LogP contribution in [0.5, 0.6) is 0 Å². The smallest absolute Gasteiger partial charge is 0.265 e. The summed E-state index contributed by atoms with van der Waals surface area (Å²) in [4.78, 5) is 38.4. The summed E-state index contributed by atoms with van der Waals surface area (Å²) in [6.07, 6.45) is 4.48. The van der Waals surface area contributed by atoms with E-state index in [2.05, 4.69) is 20.3 Å². The lowest BCUT2D eigenvalue weighted by atomic mass is 9.97. The quantitative estimate of drug-likeness (QED) is 0.290. The van der Waals surface area contributed by atoms with Crippen LogP contribution in [0.3, 0.4) is 0 Å². The second-order valence-corrected chi connectivity index (χ2v) is 10.0. The molecule has 6 aromatic rings. The number of halogens is 1. The van der Waals surface area contributed by atoms with Gasteiger partial charge in [-0.1, -0.05) is 24.3 Å². The Bertz CT molecular complexity index is 2000. The number of nitrogens with zero attached hydrogens (tertiary/aromatic N) is 3. The summed E-state index contributed by atoms with van der Waals surface area (Å²) in [5.41, 5.74) is 2.73. The summed E-state index contributed by atoms with van der Waals surface area (Å²) in [6, 6.07) is 15.1. The zero-order chi connectivity index (χ0) is 27.5. The molecule has 3 heterocycles. The summed E-state index contributed by atoms with van der Waals surface area (Å²) >= 11 is 0. The maximum atomic E-state index is 14.1. The van der Waals surface area contributed by atoms with Crippen LogP contribution in [-0.4, -0.2) is 30.5 Å². The Morgan fingerprint density at radius 2 is 1.85 bits per heavy atom. The third kappa shape index (κ3) is 4.04. The van der Waals surface area contributed by atoms with E-state index < -0.39 is 17.0 Å². The second kappa shape index (κ2) is 8.85. The summed E-state index contributed by atoms with van der Waals surface area (Å²) in [6.45, 7) is 5.22. The summed E-state index contributed by atoms with van der Waals surface area (Å²) in [7, 11) is 0. The second-order valence-electron chi connectivity index (χ2n) is 10.0. The zero-order valence-corrected chi connectivity index (χ0v) is 21.4. The van der Waals surface area contributed by atoms with E-state index in [1.807, 2.05) is 18.2 Å². The molecule has 0 aliphatic heterocycles. The molecule has 0 atom stereocenters. The van der Waals surface area contributed by atoms with Crippen molar-refractivity contribution in [3.63, 3.8) is 0 Å². The summed E-state index contributed by atoms with van der Waals surface area (Å²) < 4.78 is 15.5. The van der Waals surface area contributed by atoms with Crippen LogP contribution in [0.4, 0.5) is 10.1 Å². The van der Waals surface area contributed by atoms with Crippen molar-refractivity contribution in [2.75, 3.05) is 5.32 Å². The molecule has 0 aliphatic carbocycles. The van der Waals surface area contributed by atoms with Gasteiger partial charge in [0.25, 0.3) is 11.5 Å². The number of aliphatic hydroxyl groups is 1. The van der Waals surface area contributed by atoms with Crippen LogP contribution >= 0.6 is 0 Å². The van der Waals surface area contributed by atoms with Gasteiger partial charge in [0.05, 0.1) is 27.8 Å². The van der Waals surface area contributed by atoms with Crippen LogP contribution in [0.25, 0.3) is 38.4 Å². The molecule has 39 heavy (non-hydrogen) atoms. The maximum absolute atomic E-state index is 14.1. The molecular formula is C30H24FN5O3. The maximum Gasteiger partial charge on any atom is 0.265 e. The fourth-order valence-electron chi connectivity index (χ4n) is 4.87. The molecule has 0 bridgehead atoms. The molecule has 0 radical (unpaired) electrons. The minimum Gasteiger partial charge on any atom is -0.386 e. The largest absolute Gasteiger partial charge is 0.386 e. The number of hydrogen-bond donors (Lipinski definition) is 3. The molecule has 1 amide bonds. The number of aromatic nitrogens is 4. The molecule has 3 aromatic carbocycles. The number of rotatable bonds is 4. The van der Waals surface area contributed by atoms with E-state index in [1.165, 1.54) is 35.3 Å². The Kier molecular flexibility index (Phi) is 5.55. The number of pyridine rings is 1. The third-order valence-electron chi connectivity index (χ3n) is 7.02. The number of amides is 1. The molecule has 6 rings (SSSR count). The molecule has 3 aromatic heterocycles. The standard InChI is InChI=1S/C30H24FN5O3/c1-16-23(8-5-9-25(16)36-15-33-27-19(29(36)38)6-4-7-22(27)31)35-28(37)21-14-32-13-20-18-11-10-17(30(2,3)39)12-24(18)34-26(20)21/h4-15,34,39H,1-3H3,(H,35,37). The van der Waals surface area contributed by atoms with E-state index in [-0.39, 0.29) is 16.8 Å². The Morgan fingerprint density at radius 3 is 2.64 bits per heavy atom. The Hall–Kier alpha value is -4.89. The number of hydrogen-bond acceptors (Lipinski definition) is 5. The number of nitrogens with one attached hydrogen (secondary N) is 2. The van der Waals surface area contributed by atoms with Gasteiger partial charge in [0.1, 0.15) is 17.7 Å². The van der Waals surface area contributed by atoms with E-state index in [0.717, 1.165) is 21.9 Å². The highest BCUT2D eigenvalue weighted by Gasteiger charge is 2.20. The van der Waals surface area contributed by atoms with Gasteiger partial charge in [-0.25, -0.2) is 9.37 Å². The normalized spacial score (nSPS) is 11.9. The third-order valence-corrected chi connectivity index (χ3v) is 7.02. The first-order valence-electron chi connectivity index (χ1n) is 12.3. The van der Waals surface area contributed by atoms with Crippen LogP contribution in [0.15, 0.2) is 78.1 Å². The molecule has 8 nitrogen and oxygen atoms in total. The van der Waals surface area contributed by atoms with Crippen LogP contribution in [0, 0.1) is 12.7 Å². The number of H-pyrrole nitrogens is 1. The first kappa shape index (κ1) is 24.4. The molecule has 0 aliphatic rings. The number of benzene rings is 3. The molecule has 9 heteroatoms. The highest BCUT2D eigenvalue weighted by atomic mass is 19.1. The number of anilines is 1. The summed E-state index contributed by atoms with van der Waals surface area (Å²) in [5, 5.41) is 15.2. The molecule has 0 spiro atoms. The highest BCUT2D eigenvalue weighted by molar-refractivity contribution is 6.17. The topological polar surface area (TPSA) is 113 Å². The van der Waals surface area contributed by atoms with Crippen molar-refractivity contribution < 1.29 is 14.3 Å². The molecule has 3 N–H and O–H groups in total. The highest BCUT2D eigenvalue weighted by Crippen LogP contribution is 2.31. The van der Waals surface area contributed by atoms with Gasteiger partial charge in [0.15, 0.2) is 0 Å². The molecule has 0 fully saturated rings. The van der Waals surface area contributed by atoms with E-state index in [9.17, 15) is 19.1 Å². The van der Waals surface area contributed by atoms with Crippen molar-refractivity contribution in [2.24, 2.45) is 0 Å². The molecule has 0 unspecified atom stereocenters. The van der Waals surface area contributed by atoms with Gasteiger partial charge >= 0.3 is 0 Å². The van der Waals surface area contributed by atoms with Gasteiger partial charge < -0.3 is 15.4 Å². The van der Waals surface area contributed by atoms with Gasteiger partial charge in [-0.15, -0.1) is 0 Å². The van der Waals surface area contributed by atoms with Crippen LogP contribution in [-0.2, 0) is 5.60 Å². The molecule has 0 saturated carbocycles. The van der Waals surface area contributed by atoms with Gasteiger partial charge in [-0.05, 0) is 62.2 Å². The fourth-order valence-corrected chi connectivity index (χ4v) is 4.87. The number of para-hydroxylation sites is 1. The Balaban J connectivity index is 1.39. The number of aromatic amines is 1. The van der Waals surface area contributed by atoms with E-state index in [0.29, 0.717) is 28.0 Å². The van der Waals surface area contributed by atoms with E-state index >= 15 is 0 Å². The minimum atomic E-state index is -1.01. The predicted molar refractivity (Wildman–Crippen MR) is 149 cm³/mol. The SMILES string of the molecule is Cc1c(NC(=O)c2cncc3c2[nH]c2cc(C(C)(C)O)ccc23)cccc1-n1cnc2c(F)cccc2c1=O. The Labute approximate surface area is 221 Å². The number of carbonyl (C=O) groups excluding carboxylic acids is 1. The van der Waals surface area contributed by atoms with E-state index in [1.54, 1.807) is 45.2 Å². The van der Waals surface area contributed by atoms with Crippen molar-refractivity contribution in [2.45, 2.75) is 26.4 Å². The van der Waals surface area contributed by atoms with E-state index in [4.69, 9.17) is 0 Å². The fraction of sp³-hybridized carbons (Fsp3) is 0.133. The molecule has 194 valence electrons. The number of carbonyl (C=O) groups is 1. The van der Waals surface area contributed by atoms with Crippen LogP contribution < -0.4 is 10.9 Å². The first-order valence-corrected chi connectivity index (χ1v) is 12.3. The van der Waals surface area contributed by atoms with Gasteiger partial charge in [-0.3, -0.25) is 19.1 Å². The monoisotopic (exact) mass is 521 g/mol. The Morgan fingerprint density at radius 1 is 1.05 bits per heavy atom. The van der Waals surface area contributed by atoms with Crippen molar-refractivity contribution in [3.8, 4) is 5.69 Å². The first-order chi connectivity index (χ1) is 18.6. The van der Waals surface area contributed by atoms with Crippen LogP contribution in [0.2, 0.25) is 0 Å². The average Bonchev–Trinajstić information content (AvgIpc) is 3.28. The lowest BCUT2D eigenvalue weighted by Gasteiger charge is -2.17. The molecule has 0 saturated heterocycles. The zero-order valence-electron chi connectivity index (χ0n) is 21.4. The van der Waals surface area contributed by atoms with Crippen molar-refractivity contribution in [1.82, 2.24) is 19.5 Å². The lowest BCUT2D eigenvalue weighted by Crippen LogP contribution is -2.21. The average molecular weight is 522 g/mol. The van der Waals surface area contributed by atoms with Crippen molar-refractivity contribution in [3.05, 3.63) is 106 Å². The van der Waals surface area contributed by atoms with Crippen molar-refractivity contribution in [1.29, 1.82) is 0 Å². The minimum absolute atomic E-state index is 0.00876. The van der Waals surface area contributed by atoms with Crippen molar-refractivity contribution >= 4 is 44.3 Å². The predicted octanol–water partition coefficient (Wildman–Crippen LogP) is 5.34. The summed E-state index contributed by atoms with van der Waals surface area (Å²) in [5.74, 6) is -0.945. The van der Waals surface area contributed by atoms with Gasteiger partial charge in [-0.2, -0.15) is 0 Å². The van der Waals surface area contributed by atoms with Gasteiger partial charge in [0.2, 0.25) is 0 Å². The molecular weight excluding hydrogens is 497 g/mol. The van der Waals surface area contributed by atoms with Crippen LogP contribution in [0.1, 0.15) is 35.3 Å².